The zero-order chi connectivity index (χ0) is 13.8. The number of hydrogen-bond acceptors (Lipinski definition) is 5. The summed E-state index contributed by atoms with van der Waals surface area (Å²) in [6.07, 6.45) is -0.240. The summed E-state index contributed by atoms with van der Waals surface area (Å²) in [4.78, 5) is 16.7. The first-order valence-electron chi connectivity index (χ1n) is 7.11. The van der Waals surface area contributed by atoms with Gasteiger partial charge in [0.2, 0.25) is 5.91 Å². The minimum absolute atomic E-state index is 0.0293. The van der Waals surface area contributed by atoms with E-state index in [2.05, 4.69) is 10.2 Å². The van der Waals surface area contributed by atoms with Crippen LogP contribution in [0, 0.1) is 0 Å². The van der Waals surface area contributed by atoms with E-state index in [1.807, 2.05) is 18.7 Å². The van der Waals surface area contributed by atoms with Crippen LogP contribution in [0.5, 0.6) is 0 Å². The molecule has 0 aromatic heterocycles. The average Bonchev–Trinajstić information content (AvgIpc) is 2.47. The minimum Gasteiger partial charge on any atom is -0.394 e. The van der Waals surface area contributed by atoms with Gasteiger partial charge in [0.15, 0.2) is 0 Å². The Bertz CT molecular complexity index is 308. The molecule has 2 aliphatic heterocycles. The molecule has 19 heavy (non-hydrogen) atoms. The summed E-state index contributed by atoms with van der Waals surface area (Å²) in [5, 5.41) is 12.5. The molecule has 6 heteroatoms. The van der Waals surface area contributed by atoms with E-state index in [1.165, 1.54) is 0 Å². The van der Waals surface area contributed by atoms with Gasteiger partial charge in [0.25, 0.3) is 0 Å². The fourth-order valence-electron chi connectivity index (χ4n) is 2.70. The van der Waals surface area contributed by atoms with Crippen LogP contribution in [-0.2, 0) is 9.53 Å². The number of piperazine rings is 1. The summed E-state index contributed by atoms with van der Waals surface area (Å²) >= 11 is 0. The van der Waals surface area contributed by atoms with Crippen LogP contribution < -0.4 is 5.32 Å². The Kier molecular flexibility index (Phi) is 5.15. The fourth-order valence-corrected chi connectivity index (χ4v) is 2.70. The standard InChI is InChI=1S/C13H25N3O3/c1-10-9-19-12(8-17)7-16(10)13(18)11(2)15-5-3-14-4-6-15/h10-12,14,17H,3-9H2,1-2H3. The second kappa shape index (κ2) is 6.65. The molecule has 0 saturated carbocycles. The molecule has 3 unspecified atom stereocenters. The molecular weight excluding hydrogens is 246 g/mol. The number of carbonyl (C=O) groups is 1. The first-order chi connectivity index (χ1) is 9.13. The van der Waals surface area contributed by atoms with Gasteiger partial charge in [0, 0.05) is 32.7 Å². The summed E-state index contributed by atoms with van der Waals surface area (Å²) in [6, 6.07) is -0.0114. The first-order valence-corrected chi connectivity index (χ1v) is 7.11. The number of hydrogen-bond donors (Lipinski definition) is 2. The maximum Gasteiger partial charge on any atom is 0.240 e. The number of amides is 1. The highest BCUT2D eigenvalue weighted by atomic mass is 16.5. The predicted molar refractivity (Wildman–Crippen MR) is 71.9 cm³/mol. The molecule has 3 atom stereocenters. The van der Waals surface area contributed by atoms with Crippen LogP contribution in [0.15, 0.2) is 0 Å². The number of nitrogens with one attached hydrogen (secondary N) is 1. The van der Waals surface area contributed by atoms with Crippen LogP contribution in [-0.4, -0.2) is 84.9 Å². The molecule has 1 amide bonds. The van der Waals surface area contributed by atoms with Crippen molar-refractivity contribution in [2.75, 3.05) is 45.9 Å². The van der Waals surface area contributed by atoms with Crippen LogP contribution in [0.3, 0.4) is 0 Å². The van der Waals surface area contributed by atoms with Crippen LogP contribution in [0.2, 0.25) is 0 Å². The third-order valence-corrected chi connectivity index (χ3v) is 4.05. The van der Waals surface area contributed by atoms with Crippen molar-refractivity contribution in [1.82, 2.24) is 15.1 Å². The van der Waals surface area contributed by atoms with E-state index < -0.39 is 0 Å². The van der Waals surface area contributed by atoms with Crippen molar-refractivity contribution in [2.24, 2.45) is 0 Å². The van der Waals surface area contributed by atoms with E-state index in [0.717, 1.165) is 26.2 Å². The van der Waals surface area contributed by atoms with E-state index >= 15 is 0 Å². The molecule has 2 fully saturated rings. The van der Waals surface area contributed by atoms with Crippen molar-refractivity contribution in [1.29, 1.82) is 0 Å². The van der Waals surface area contributed by atoms with Gasteiger partial charge in [0.05, 0.1) is 31.4 Å². The summed E-state index contributed by atoms with van der Waals surface area (Å²) in [5.41, 5.74) is 0. The van der Waals surface area contributed by atoms with Gasteiger partial charge < -0.3 is 20.1 Å². The second-order valence-corrected chi connectivity index (χ2v) is 5.44. The molecule has 110 valence electrons. The average molecular weight is 271 g/mol. The predicted octanol–water partition coefficient (Wildman–Crippen LogP) is -1.11. The maximum absolute atomic E-state index is 12.6. The molecular formula is C13H25N3O3. The van der Waals surface area contributed by atoms with E-state index in [4.69, 9.17) is 4.74 Å². The van der Waals surface area contributed by atoms with Gasteiger partial charge in [-0.1, -0.05) is 0 Å². The van der Waals surface area contributed by atoms with Crippen LogP contribution in [0.25, 0.3) is 0 Å². The Morgan fingerprint density at radius 2 is 2.16 bits per heavy atom. The molecule has 0 spiro atoms. The Hall–Kier alpha value is -0.690. The van der Waals surface area contributed by atoms with Crippen molar-refractivity contribution in [3.05, 3.63) is 0 Å². The highest BCUT2D eigenvalue weighted by Gasteiger charge is 2.33. The molecule has 0 radical (unpaired) electrons. The summed E-state index contributed by atoms with van der Waals surface area (Å²) in [7, 11) is 0. The molecule has 2 heterocycles. The fraction of sp³-hybridized carbons (Fsp3) is 0.923. The Labute approximate surface area is 114 Å². The molecule has 0 bridgehead atoms. The third-order valence-electron chi connectivity index (χ3n) is 4.05. The Balaban J connectivity index is 1.96. The molecule has 0 aromatic rings. The summed E-state index contributed by atoms with van der Waals surface area (Å²) < 4.78 is 5.48. The Morgan fingerprint density at radius 3 is 2.79 bits per heavy atom. The van der Waals surface area contributed by atoms with Gasteiger partial charge >= 0.3 is 0 Å². The smallest absolute Gasteiger partial charge is 0.240 e. The topological polar surface area (TPSA) is 65.0 Å². The lowest BCUT2D eigenvalue weighted by Crippen LogP contribution is -2.59. The van der Waals surface area contributed by atoms with E-state index in [1.54, 1.807) is 0 Å². The van der Waals surface area contributed by atoms with Crippen molar-refractivity contribution >= 4 is 5.91 Å². The highest BCUT2D eigenvalue weighted by molar-refractivity contribution is 5.82. The summed E-state index contributed by atoms with van der Waals surface area (Å²) in [6.45, 7) is 8.64. The van der Waals surface area contributed by atoms with Gasteiger partial charge in [-0.25, -0.2) is 0 Å². The van der Waals surface area contributed by atoms with E-state index in [9.17, 15) is 9.90 Å². The molecule has 0 aliphatic carbocycles. The monoisotopic (exact) mass is 271 g/mol. The van der Waals surface area contributed by atoms with Crippen molar-refractivity contribution < 1.29 is 14.6 Å². The van der Waals surface area contributed by atoms with Gasteiger partial charge in [-0.3, -0.25) is 9.69 Å². The zero-order valence-corrected chi connectivity index (χ0v) is 11.8. The zero-order valence-electron chi connectivity index (χ0n) is 11.8. The van der Waals surface area contributed by atoms with Crippen LogP contribution in [0.1, 0.15) is 13.8 Å². The number of aliphatic hydroxyl groups excluding tert-OH is 1. The molecule has 6 nitrogen and oxygen atoms in total. The van der Waals surface area contributed by atoms with Crippen LogP contribution >= 0.6 is 0 Å². The first kappa shape index (κ1) is 14.7. The third kappa shape index (κ3) is 3.45. The van der Waals surface area contributed by atoms with E-state index in [0.29, 0.717) is 13.2 Å². The lowest BCUT2D eigenvalue weighted by atomic mass is 10.1. The maximum atomic E-state index is 12.6. The van der Waals surface area contributed by atoms with E-state index in [-0.39, 0.29) is 30.7 Å². The molecule has 2 N–H and O–H groups in total. The molecule has 0 aromatic carbocycles. The number of nitrogens with zero attached hydrogens (tertiary/aromatic N) is 2. The van der Waals surface area contributed by atoms with Crippen molar-refractivity contribution in [3.63, 3.8) is 0 Å². The molecule has 2 rings (SSSR count). The van der Waals surface area contributed by atoms with Crippen LogP contribution in [0.4, 0.5) is 0 Å². The Morgan fingerprint density at radius 1 is 1.47 bits per heavy atom. The number of rotatable bonds is 3. The SMILES string of the molecule is CC(C(=O)N1CC(CO)OCC1C)N1CCNCC1. The minimum atomic E-state index is -0.240. The second-order valence-electron chi connectivity index (χ2n) is 5.44. The van der Waals surface area contributed by atoms with Gasteiger partial charge in [0.1, 0.15) is 0 Å². The lowest BCUT2D eigenvalue weighted by molar-refractivity contribution is -0.151. The summed E-state index contributed by atoms with van der Waals surface area (Å²) in [5.74, 6) is 0.149. The largest absolute Gasteiger partial charge is 0.394 e. The van der Waals surface area contributed by atoms with Crippen molar-refractivity contribution in [2.45, 2.75) is 32.0 Å². The quantitative estimate of drug-likeness (QED) is 0.681. The normalized spacial score (nSPS) is 31.2. The van der Waals surface area contributed by atoms with Crippen molar-refractivity contribution in [3.8, 4) is 0 Å². The molecule has 2 saturated heterocycles. The van der Waals surface area contributed by atoms with Gasteiger partial charge in [-0.05, 0) is 13.8 Å². The lowest BCUT2D eigenvalue weighted by Gasteiger charge is -2.41. The number of ether oxygens (including phenoxy) is 1. The number of carbonyl (C=O) groups excluding carboxylic acids is 1. The highest BCUT2D eigenvalue weighted by Crippen LogP contribution is 2.15. The molecule has 2 aliphatic rings. The number of aliphatic hydroxyl groups is 1. The number of morpholine rings is 1. The van der Waals surface area contributed by atoms with Gasteiger partial charge in [-0.2, -0.15) is 0 Å². The van der Waals surface area contributed by atoms with Gasteiger partial charge in [-0.15, -0.1) is 0 Å².